The smallest absolute Gasteiger partial charge is 0.250 e. The van der Waals surface area contributed by atoms with E-state index in [0.717, 1.165) is 34.2 Å². The van der Waals surface area contributed by atoms with Crippen LogP contribution in [0.3, 0.4) is 0 Å². The van der Waals surface area contributed by atoms with Gasteiger partial charge in [0.1, 0.15) is 0 Å². The van der Waals surface area contributed by atoms with Crippen molar-refractivity contribution in [3.05, 3.63) is 41.2 Å². The Morgan fingerprint density at radius 3 is 3.00 bits per heavy atom. The first-order valence-electron chi connectivity index (χ1n) is 8.27. The molecule has 3 heterocycles. The number of Topliss-reactive ketones (excluding diaryl/α,β-unsaturated/α-hetero) is 1. The quantitative estimate of drug-likeness (QED) is 0.783. The standard InChI is InChI=1S/C17H19N7O/c1-4-14-16(10(2)23(3)17-20-21-22-24(14)17)15(25)8-11-5-6-13-12(7-11)9-18-19-13/h5-7,9,14H,4,8H2,1-3H3,(H,18,19). The van der Waals surface area contributed by atoms with Crippen LogP contribution in [0.4, 0.5) is 5.95 Å². The number of aromatic amines is 1. The summed E-state index contributed by atoms with van der Waals surface area (Å²) < 4.78 is 1.74. The first-order valence-corrected chi connectivity index (χ1v) is 8.27. The van der Waals surface area contributed by atoms with Crippen LogP contribution in [0.25, 0.3) is 10.9 Å². The summed E-state index contributed by atoms with van der Waals surface area (Å²) in [5.74, 6) is 0.765. The molecule has 2 aromatic heterocycles. The average Bonchev–Trinajstić information content (AvgIpc) is 3.26. The number of carbonyl (C=O) groups excluding carboxylic acids is 1. The highest BCUT2D eigenvalue weighted by molar-refractivity contribution is 5.99. The lowest BCUT2D eigenvalue weighted by molar-refractivity contribution is -0.115. The Morgan fingerprint density at radius 2 is 2.20 bits per heavy atom. The summed E-state index contributed by atoms with van der Waals surface area (Å²) in [5.41, 5.74) is 3.62. The van der Waals surface area contributed by atoms with Crippen molar-refractivity contribution in [3.63, 3.8) is 0 Å². The van der Waals surface area contributed by atoms with Crippen molar-refractivity contribution < 1.29 is 4.79 Å². The molecule has 4 rings (SSSR count). The fraction of sp³-hybridized carbons (Fsp3) is 0.353. The van der Waals surface area contributed by atoms with Gasteiger partial charge in [0.15, 0.2) is 5.78 Å². The third-order valence-corrected chi connectivity index (χ3v) is 4.85. The minimum Gasteiger partial charge on any atom is -0.316 e. The summed E-state index contributed by atoms with van der Waals surface area (Å²) in [6, 6.07) is 5.79. The maximum atomic E-state index is 13.1. The molecular weight excluding hydrogens is 318 g/mol. The fourth-order valence-corrected chi connectivity index (χ4v) is 3.45. The maximum Gasteiger partial charge on any atom is 0.250 e. The van der Waals surface area contributed by atoms with Crippen molar-refractivity contribution in [2.24, 2.45) is 0 Å². The molecule has 0 spiro atoms. The largest absolute Gasteiger partial charge is 0.316 e. The molecular formula is C17H19N7O. The molecule has 0 amide bonds. The Morgan fingerprint density at radius 1 is 1.36 bits per heavy atom. The predicted molar refractivity (Wildman–Crippen MR) is 93.1 cm³/mol. The van der Waals surface area contributed by atoms with Crippen molar-refractivity contribution >= 4 is 22.6 Å². The van der Waals surface area contributed by atoms with Crippen molar-refractivity contribution in [2.75, 3.05) is 11.9 Å². The van der Waals surface area contributed by atoms with E-state index in [-0.39, 0.29) is 11.8 Å². The second kappa shape index (κ2) is 5.80. The number of anilines is 1. The van der Waals surface area contributed by atoms with Crippen LogP contribution >= 0.6 is 0 Å². The van der Waals surface area contributed by atoms with Gasteiger partial charge < -0.3 is 4.90 Å². The van der Waals surface area contributed by atoms with E-state index in [9.17, 15) is 4.79 Å². The van der Waals surface area contributed by atoms with Crippen LogP contribution in [-0.2, 0) is 11.2 Å². The van der Waals surface area contributed by atoms with Gasteiger partial charge >= 0.3 is 0 Å². The van der Waals surface area contributed by atoms with Crippen LogP contribution < -0.4 is 4.90 Å². The number of aromatic nitrogens is 6. The number of carbonyl (C=O) groups is 1. The van der Waals surface area contributed by atoms with Gasteiger partial charge in [-0.25, -0.2) is 4.68 Å². The topological polar surface area (TPSA) is 92.6 Å². The van der Waals surface area contributed by atoms with Crippen LogP contribution in [0.2, 0.25) is 0 Å². The van der Waals surface area contributed by atoms with Gasteiger partial charge in [0.25, 0.3) is 0 Å². The number of tetrazole rings is 1. The van der Waals surface area contributed by atoms with Gasteiger partial charge in [0.05, 0.1) is 17.8 Å². The number of hydrogen-bond acceptors (Lipinski definition) is 6. The maximum absolute atomic E-state index is 13.1. The van der Waals surface area contributed by atoms with Gasteiger partial charge in [-0.15, -0.1) is 0 Å². The van der Waals surface area contributed by atoms with Gasteiger partial charge in [-0.1, -0.05) is 18.1 Å². The van der Waals surface area contributed by atoms with Gasteiger partial charge in [-0.05, 0) is 41.5 Å². The molecule has 1 aliphatic heterocycles. The SMILES string of the molecule is CCC1C(C(=O)Cc2ccc3[nH]ncc3c2)=C(C)N(C)c2nnnn21. The first-order chi connectivity index (χ1) is 12.1. The highest BCUT2D eigenvalue weighted by atomic mass is 16.1. The van der Waals surface area contributed by atoms with E-state index in [0.29, 0.717) is 12.4 Å². The molecule has 1 N–H and O–H groups in total. The molecule has 0 bridgehead atoms. The highest BCUT2D eigenvalue weighted by Crippen LogP contribution is 2.35. The van der Waals surface area contributed by atoms with Crippen molar-refractivity contribution in [1.29, 1.82) is 0 Å². The third-order valence-electron chi connectivity index (χ3n) is 4.85. The van der Waals surface area contributed by atoms with Crippen molar-refractivity contribution in [3.8, 4) is 0 Å². The van der Waals surface area contributed by atoms with E-state index >= 15 is 0 Å². The van der Waals surface area contributed by atoms with Gasteiger partial charge in [0.2, 0.25) is 5.95 Å². The zero-order valence-electron chi connectivity index (χ0n) is 14.4. The second-order valence-electron chi connectivity index (χ2n) is 6.30. The molecule has 1 unspecified atom stereocenters. The lowest BCUT2D eigenvalue weighted by Crippen LogP contribution is -2.33. The van der Waals surface area contributed by atoms with Gasteiger partial charge in [-0.3, -0.25) is 9.89 Å². The number of ketones is 1. The Bertz CT molecular complexity index is 984. The molecule has 0 fully saturated rings. The Hall–Kier alpha value is -3.03. The normalized spacial score (nSPS) is 17.2. The minimum absolute atomic E-state index is 0.0974. The molecule has 1 aliphatic rings. The summed E-state index contributed by atoms with van der Waals surface area (Å²) in [6.07, 6.45) is 2.87. The van der Waals surface area contributed by atoms with E-state index in [1.165, 1.54) is 0 Å². The zero-order valence-corrected chi connectivity index (χ0v) is 14.4. The molecule has 0 saturated carbocycles. The molecule has 8 heteroatoms. The summed E-state index contributed by atoms with van der Waals surface area (Å²) >= 11 is 0. The summed E-state index contributed by atoms with van der Waals surface area (Å²) in [6.45, 7) is 3.99. The lowest BCUT2D eigenvalue weighted by atomic mass is 9.92. The molecule has 1 atom stereocenters. The molecule has 8 nitrogen and oxygen atoms in total. The lowest BCUT2D eigenvalue weighted by Gasteiger charge is -2.32. The number of H-pyrrole nitrogens is 1. The predicted octanol–water partition coefficient (Wildman–Crippen LogP) is 2.04. The summed E-state index contributed by atoms with van der Waals surface area (Å²) in [4.78, 5) is 15.0. The van der Waals surface area contributed by atoms with E-state index in [4.69, 9.17) is 0 Å². The van der Waals surface area contributed by atoms with E-state index < -0.39 is 0 Å². The van der Waals surface area contributed by atoms with Crippen LogP contribution in [0.15, 0.2) is 35.7 Å². The minimum atomic E-state index is -0.133. The monoisotopic (exact) mass is 337 g/mol. The van der Waals surface area contributed by atoms with Gasteiger partial charge in [-0.2, -0.15) is 5.10 Å². The number of hydrogen-bond donors (Lipinski definition) is 1. The highest BCUT2D eigenvalue weighted by Gasteiger charge is 2.33. The average molecular weight is 337 g/mol. The Kier molecular flexibility index (Phi) is 3.60. The van der Waals surface area contributed by atoms with Crippen LogP contribution in [0.1, 0.15) is 31.9 Å². The van der Waals surface area contributed by atoms with Crippen LogP contribution in [-0.4, -0.2) is 43.2 Å². The summed E-state index contributed by atoms with van der Waals surface area (Å²) in [5, 5.41) is 19.9. The molecule has 3 aromatic rings. The van der Waals surface area contributed by atoms with E-state index in [1.54, 1.807) is 10.9 Å². The number of rotatable bonds is 4. The molecule has 25 heavy (non-hydrogen) atoms. The van der Waals surface area contributed by atoms with Crippen LogP contribution in [0.5, 0.6) is 0 Å². The summed E-state index contributed by atoms with van der Waals surface area (Å²) in [7, 11) is 1.88. The number of nitrogens with zero attached hydrogens (tertiary/aromatic N) is 6. The molecule has 128 valence electrons. The van der Waals surface area contributed by atoms with Crippen LogP contribution in [0, 0.1) is 0 Å². The van der Waals surface area contributed by atoms with E-state index in [2.05, 4.69) is 25.7 Å². The second-order valence-corrected chi connectivity index (χ2v) is 6.30. The number of nitrogens with one attached hydrogen (secondary N) is 1. The zero-order chi connectivity index (χ0) is 17.6. The van der Waals surface area contributed by atoms with E-state index in [1.807, 2.05) is 44.0 Å². The van der Waals surface area contributed by atoms with Crippen molar-refractivity contribution in [1.82, 2.24) is 30.4 Å². The fourth-order valence-electron chi connectivity index (χ4n) is 3.45. The number of benzene rings is 1. The Balaban J connectivity index is 1.69. The number of fused-ring (bicyclic) bond motifs is 2. The first kappa shape index (κ1) is 15.5. The third kappa shape index (κ3) is 2.41. The van der Waals surface area contributed by atoms with Crippen molar-refractivity contribution in [2.45, 2.75) is 32.7 Å². The molecule has 0 radical (unpaired) electrons. The van der Waals surface area contributed by atoms with Gasteiger partial charge in [0, 0.05) is 30.1 Å². The molecule has 0 saturated heterocycles. The number of allylic oxidation sites excluding steroid dienone is 2. The Labute approximate surface area is 144 Å². The molecule has 1 aromatic carbocycles. The molecule has 0 aliphatic carbocycles.